The monoisotopic (exact) mass is 357 g/mol. The molecule has 0 atom stereocenters. The molecule has 6 heteroatoms. The lowest BCUT2D eigenvalue weighted by Gasteiger charge is -2.14. The summed E-state index contributed by atoms with van der Waals surface area (Å²) in [6.07, 6.45) is 0. The molecule has 0 unspecified atom stereocenters. The Morgan fingerprint density at radius 3 is 2.50 bits per heavy atom. The molecule has 2 rings (SSSR count). The van der Waals surface area contributed by atoms with Crippen molar-refractivity contribution < 1.29 is 14.2 Å². The number of nitrogens with zero attached hydrogens (tertiary/aromatic N) is 1. The van der Waals surface area contributed by atoms with Crippen molar-refractivity contribution in [2.45, 2.75) is 27.3 Å². The number of ether oxygens (including phenoxy) is 3. The van der Waals surface area contributed by atoms with Crippen LogP contribution in [-0.2, 0) is 6.54 Å². The minimum Gasteiger partial charge on any atom is -0.496 e. The Labute approximate surface area is 155 Å². The van der Waals surface area contributed by atoms with Crippen LogP contribution < -0.4 is 25.3 Å². The third-order valence-corrected chi connectivity index (χ3v) is 3.73. The molecule has 0 aliphatic carbocycles. The number of methoxy groups -OCH3 is 1. The molecule has 0 aliphatic rings. The fourth-order valence-corrected chi connectivity index (χ4v) is 2.46. The first-order valence-corrected chi connectivity index (χ1v) is 8.67. The number of aliphatic imine (C=N–C) groups is 1. The van der Waals surface area contributed by atoms with E-state index in [1.54, 1.807) is 7.11 Å². The fourth-order valence-electron chi connectivity index (χ4n) is 2.46. The van der Waals surface area contributed by atoms with Crippen LogP contribution in [0.2, 0.25) is 0 Å². The number of nitrogens with one attached hydrogen (secondary N) is 1. The molecule has 0 aliphatic heterocycles. The zero-order valence-corrected chi connectivity index (χ0v) is 15.8. The van der Waals surface area contributed by atoms with Crippen LogP contribution in [-0.4, -0.2) is 26.3 Å². The summed E-state index contributed by atoms with van der Waals surface area (Å²) in [5.41, 5.74) is 8.88. The highest BCUT2D eigenvalue weighted by Gasteiger charge is 2.07. The minimum absolute atomic E-state index is 0.305. The molecule has 0 aromatic heterocycles. The van der Waals surface area contributed by atoms with Gasteiger partial charge in [-0.3, -0.25) is 0 Å². The second-order valence-corrected chi connectivity index (χ2v) is 5.65. The molecule has 0 fully saturated rings. The second kappa shape index (κ2) is 9.56. The van der Waals surface area contributed by atoms with Crippen LogP contribution in [0.1, 0.15) is 25.0 Å². The Hall–Kier alpha value is -2.89. The van der Waals surface area contributed by atoms with E-state index in [-0.39, 0.29) is 0 Å². The second-order valence-electron chi connectivity index (χ2n) is 5.65. The molecule has 26 heavy (non-hydrogen) atoms. The van der Waals surface area contributed by atoms with Crippen LogP contribution in [0.5, 0.6) is 17.2 Å². The maximum absolute atomic E-state index is 6.05. The number of hydrogen-bond acceptors (Lipinski definition) is 4. The Bertz CT molecular complexity index is 760. The lowest BCUT2D eigenvalue weighted by Crippen LogP contribution is -2.23. The first-order chi connectivity index (χ1) is 12.6. The van der Waals surface area contributed by atoms with E-state index in [0.717, 1.165) is 28.3 Å². The van der Waals surface area contributed by atoms with E-state index < -0.39 is 0 Å². The van der Waals surface area contributed by atoms with Crippen molar-refractivity contribution in [1.29, 1.82) is 0 Å². The molecule has 3 N–H and O–H groups in total. The van der Waals surface area contributed by atoms with E-state index >= 15 is 0 Å². The number of nitrogens with two attached hydrogens (primary N) is 1. The highest BCUT2D eigenvalue weighted by atomic mass is 16.5. The van der Waals surface area contributed by atoms with Crippen molar-refractivity contribution in [1.82, 2.24) is 0 Å². The molecule has 2 aromatic carbocycles. The lowest BCUT2D eigenvalue weighted by molar-refractivity contribution is 0.332. The van der Waals surface area contributed by atoms with E-state index in [1.807, 2.05) is 57.2 Å². The Kier molecular flexibility index (Phi) is 7.14. The highest BCUT2D eigenvalue weighted by molar-refractivity contribution is 5.94. The molecule has 140 valence electrons. The van der Waals surface area contributed by atoms with Gasteiger partial charge < -0.3 is 25.3 Å². The normalized spacial score (nSPS) is 11.2. The zero-order valence-electron chi connectivity index (χ0n) is 15.8. The van der Waals surface area contributed by atoms with Gasteiger partial charge in [0.15, 0.2) is 5.96 Å². The summed E-state index contributed by atoms with van der Waals surface area (Å²) in [5.74, 6) is 2.59. The largest absolute Gasteiger partial charge is 0.496 e. The smallest absolute Gasteiger partial charge is 0.193 e. The van der Waals surface area contributed by atoms with Crippen LogP contribution in [0, 0.1) is 6.92 Å². The molecule has 2 aromatic rings. The average Bonchev–Trinajstić information content (AvgIpc) is 2.63. The number of anilines is 1. The molecule has 0 saturated heterocycles. The van der Waals surface area contributed by atoms with Crippen molar-refractivity contribution in [3.63, 3.8) is 0 Å². The van der Waals surface area contributed by atoms with Crippen LogP contribution in [0.15, 0.2) is 41.4 Å². The van der Waals surface area contributed by atoms with E-state index in [0.29, 0.717) is 31.5 Å². The summed E-state index contributed by atoms with van der Waals surface area (Å²) >= 11 is 0. The van der Waals surface area contributed by atoms with Crippen molar-refractivity contribution in [2.24, 2.45) is 10.7 Å². The molecular formula is C20H27N3O3. The van der Waals surface area contributed by atoms with Gasteiger partial charge in [-0.05, 0) is 50.1 Å². The maximum Gasteiger partial charge on any atom is 0.193 e. The van der Waals surface area contributed by atoms with Gasteiger partial charge in [0, 0.05) is 6.07 Å². The van der Waals surface area contributed by atoms with Crippen LogP contribution in [0.25, 0.3) is 0 Å². The fraction of sp³-hybridized carbons (Fsp3) is 0.350. The van der Waals surface area contributed by atoms with Gasteiger partial charge in [0.2, 0.25) is 0 Å². The third kappa shape index (κ3) is 5.31. The lowest BCUT2D eigenvalue weighted by atomic mass is 10.1. The number of benzene rings is 2. The van der Waals surface area contributed by atoms with E-state index in [9.17, 15) is 0 Å². The van der Waals surface area contributed by atoms with Crippen LogP contribution in [0.3, 0.4) is 0 Å². The molecule has 0 heterocycles. The SMILES string of the molecule is CCOc1ccc(OCC)c(NC(N)=NCc2ccc(C)c(OC)c2)c1. The minimum atomic E-state index is 0.305. The van der Waals surface area contributed by atoms with E-state index in [1.165, 1.54) is 0 Å². The summed E-state index contributed by atoms with van der Waals surface area (Å²) in [6.45, 7) is 7.47. The summed E-state index contributed by atoms with van der Waals surface area (Å²) in [5, 5.41) is 3.10. The van der Waals surface area contributed by atoms with Crippen molar-refractivity contribution >= 4 is 11.6 Å². The Balaban J connectivity index is 2.13. The molecule has 0 radical (unpaired) electrons. The van der Waals surface area contributed by atoms with Crippen LogP contribution in [0.4, 0.5) is 5.69 Å². The van der Waals surface area contributed by atoms with Gasteiger partial charge in [-0.1, -0.05) is 12.1 Å². The van der Waals surface area contributed by atoms with E-state index in [4.69, 9.17) is 19.9 Å². The number of rotatable bonds is 8. The topological polar surface area (TPSA) is 78.1 Å². The molecule has 0 spiro atoms. The van der Waals surface area contributed by atoms with Gasteiger partial charge in [-0.2, -0.15) is 0 Å². The van der Waals surface area contributed by atoms with Gasteiger partial charge >= 0.3 is 0 Å². The molecule has 0 bridgehead atoms. The van der Waals surface area contributed by atoms with E-state index in [2.05, 4.69) is 10.3 Å². The van der Waals surface area contributed by atoms with Gasteiger partial charge in [-0.25, -0.2) is 4.99 Å². The summed E-state index contributed by atoms with van der Waals surface area (Å²) in [6, 6.07) is 11.6. The predicted molar refractivity (Wildman–Crippen MR) is 105 cm³/mol. The van der Waals surface area contributed by atoms with Gasteiger partial charge in [0.1, 0.15) is 17.2 Å². The standard InChI is InChI=1S/C20H27N3O3/c1-5-25-16-9-10-18(26-6-2)17(12-16)23-20(21)22-13-15-8-7-14(3)19(11-15)24-4/h7-12H,5-6,13H2,1-4H3,(H3,21,22,23). The van der Waals surface area contributed by atoms with Crippen LogP contribution >= 0.6 is 0 Å². The van der Waals surface area contributed by atoms with Gasteiger partial charge in [0.25, 0.3) is 0 Å². The van der Waals surface area contributed by atoms with Gasteiger partial charge in [0.05, 0.1) is 32.6 Å². The summed E-state index contributed by atoms with van der Waals surface area (Å²) < 4.78 is 16.5. The number of guanidine groups is 1. The zero-order chi connectivity index (χ0) is 18.9. The van der Waals surface area contributed by atoms with Crippen molar-refractivity contribution in [3.05, 3.63) is 47.5 Å². The van der Waals surface area contributed by atoms with Crippen molar-refractivity contribution in [2.75, 3.05) is 25.6 Å². The first kappa shape index (κ1) is 19.4. The summed E-state index contributed by atoms with van der Waals surface area (Å²) in [4.78, 5) is 4.40. The maximum atomic E-state index is 6.05. The van der Waals surface area contributed by atoms with Gasteiger partial charge in [-0.15, -0.1) is 0 Å². The van der Waals surface area contributed by atoms with Crippen molar-refractivity contribution in [3.8, 4) is 17.2 Å². The molecule has 0 amide bonds. The number of hydrogen-bond donors (Lipinski definition) is 2. The molecule has 6 nitrogen and oxygen atoms in total. The Morgan fingerprint density at radius 2 is 1.81 bits per heavy atom. The average molecular weight is 357 g/mol. The highest BCUT2D eigenvalue weighted by Crippen LogP contribution is 2.29. The number of aryl methyl sites for hydroxylation is 1. The molecular weight excluding hydrogens is 330 g/mol. The summed E-state index contributed by atoms with van der Waals surface area (Å²) in [7, 11) is 1.66. The quantitative estimate of drug-likeness (QED) is 0.556. The molecule has 0 saturated carbocycles. The third-order valence-electron chi connectivity index (χ3n) is 3.73. The Morgan fingerprint density at radius 1 is 1.04 bits per heavy atom. The predicted octanol–water partition coefficient (Wildman–Crippen LogP) is 3.73. The first-order valence-electron chi connectivity index (χ1n) is 8.67.